The number of aryl methyl sites for hydroxylation is 1. The molecule has 0 saturated carbocycles. The van der Waals surface area contributed by atoms with Crippen molar-refractivity contribution in [2.45, 2.75) is 118 Å². The number of hydrogen-bond acceptors (Lipinski definition) is 9. The van der Waals surface area contributed by atoms with Crippen LogP contribution in [0.3, 0.4) is 0 Å². The van der Waals surface area contributed by atoms with Crippen molar-refractivity contribution in [2.75, 3.05) is 25.0 Å². The smallest absolute Gasteiger partial charge is 0.407 e. The van der Waals surface area contributed by atoms with Gasteiger partial charge in [-0.1, -0.05) is 20.3 Å². The Morgan fingerprint density at radius 2 is 1.48 bits per heavy atom. The molecule has 288 valence electrons. The molecule has 0 aliphatic rings. The van der Waals surface area contributed by atoms with E-state index in [-0.39, 0.29) is 30.6 Å². The van der Waals surface area contributed by atoms with Crippen LogP contribution in [0, 0.1) is 12.8 Å². The van der Waals surface area contributed by atoms with Crippen LogP contribution in [0.15, 0.2) is 33.5 Å². The van der Waals surface area contributed by atoms with E-state index < -0.39 is 53.7 Å². The van der Waals surface area contributed by atoms with Crippen LogP contribution in [0.4, 0.5) is 10.5 Å². The molecule has 0 bridgehead atoms. The molecular formula is C37H56N6O9. The first-order chi connectivity index (χ1) is 24.4. The quantitative estimate of drug-likeness (QED) is 0.0867. The molecule has 2 atom stereocenters. The molecule has 0 aliphatic heterocycles. The molecule has 2 rings (SSSR count). The van der Waals surface area contributed by atoms with Crippen LogP contribution in [0.25, 0.3) is 11.0 Å². The number of alkyl carbamates (subject to hydrolysis) is 1. The average molecular weight is 729 g/mol. The van der Waals surface area contributed by atoms with Crippen LogP contribution < -0.4 is 37.5 Å². The van der Waals surface area contributed by atoms with Crippen LogP contribution in [0.1, 0.15) is 98.5 Å². The summed E-state index contributed by atoms with van der Waals surface area (Å²) in [6.07, 6.45) is 3.26. The van der Waals surface area contributed by atoms with Gasteiger partial charge in [-0.05, 0) is 89.8 Å². The highest BCUT2D eigenvalue weighted by atomic mass is 16.6. The van der Waals surface area contributed by atoms with Gasteiger partial charge in [0, 0.05) is 49.6 Å². The lowest BCUT2D eigenvalue weighted by Crippen LogP contribution is -2.51. The van der Waals surface area contributed by atoms with Gasteiger partial charge in [0.2, 0.25) is 29.5 Å². The third-order valence-corrected chi connectivity index (χ3v) is 7.69. The molecule has 0 aliphatic carbocycles. The topological polar surface area (TPSA) is 214 Å². The number of unbranched alkanes of at least 4 members (excludes halogenated alkanes) is 3. The lowest BCUT2D eigenvalue weighted by Gasteiger charge is -2.21. The van der Waals surface area contributed by atoms with E-state index in [0.29, 0.717) is 68.3 Å². The summed E-state index contributed by atoms with van der Waals surface area (Å²) in [5, 5.41) is 16.9. The normalized spacial score (nSPS) is 12.4. The van der Waals surface area contributed by atoms with Crippen molar-refractivity contribution < 1.29 is 37.9 Å². The number of anilines is 1. The summed E-state index contributed by atoms with van der Waals surface area (Å²) in [5.41, 5.74) is 0.296. The highest BCUT2D eigenvalue weighted by molar-refractivity contribution is 5.99. The van der Waals surface area contributed by atoms with Crippen molar-refractivity contribution in [1.29, 1.82) is 0 Å². The van der Waals surface area contributed by atoms with Crippen LogP contribution in [-0.2, 0) is 28.7 Å². The zero-order valence-electron chi connectivity index (χ0n) is 31.5. The maximum Gasteiger partial charge on any atom is 0.407 e. The van der Waals surface area contributed by atoms with E-state index in [9.17, 15) is 33.6 Å². The van der Waals surface area contributed by atoms with Crippen LogP contribution >= 0.6 is 0 Å². The molecule has 0 spiro atoms. The Morgan fingerprint density at radius 1 is 0.808 bits per heavy atom. The largest absolute Gasteiger partial charge is 0.444 e. The third-order valence-electron chi connectivity index (χ3n) is 7.69. The second kappa shape index (κ2) is 21.4. The van der Waals surface area contributed by atoms with Crippen molar-refractivity contribution in [1.82, 2.24) is 26.6 Å². The van der Waals surface area contributed by atoms with Crippen molar-refractivity contribution >= 4 is 52.3 Å². The van der Waals surface area contributed by atoms with Gasteiger partial charge in [-0.2, -0.15) is 0 Å². The number of fused-ring (bicyclic) bond motifs is 1. The van der Waals surface area contributed by atoms with E-state index in [2.05, 4.69) is 31.9 Å². The second-order valence-electron chi connectivity index (χ2n) is 14.3. The minimum Gasteiger partial charge on any atom is -0.444 e. The van der Waals surface area contributed by atoms with Crippen molar-refractivity contribution in [3.05, 3.63) is 40.2 Å². The Kier molecular flexibility index (Phi) is 17.8. The molecule has 6 amide bonds. The highest BCUT2D eigenvalue weighted by Gasteiger charge is 2.25. The Bertz CT molecular complexity index is 1600. The molecule has 0 fully saturated rings. The fourth-order valence-electron chi connectivity index (χ4n) is 5.24. The van der Waals surface area contributed by atoms with Crippen LogP contribution in [-0.4, -0.2) is 72.9 Å². The zero-order valence-corrected chi connectivity index (χ0v) is 31.5. The number of nitrogens with one attached hydrogen (secondary N) is 6. The molecule has 0 unspecified atom stereocenters. The monoisotopic (exact) mass is 728 g/mol. The van der Waals surface area contributed by atoms with Gasteiger partial charge in [0.25, 0.3) is 0 Å². The van der Waals surface area contributed by atoms with E-state index in [1.165, 1.54) is 19.1 Å². The van der Waals surface area contributed by atoms with E-state index in [1.807, 2.05) is 13.8 Å². The Morgan fingerprint density at radius 3 is 2.15 bits per heavy atom. The minimum absolute atomic E-state index is 0.0708. The van der Waals surface area contributed by atoms with E-state index in [1.54, 1.807) is 39.8 Å². The molecule has 2 aromatic rings. The second-order valence-corrected chi connectivity index (χ2v) is 14.3. The van der Waals surface area contributed by atoms with Crippen molar-refractivity contribution in [3.8, 4) is 0 Å². The molecular weight excluding hydrogens is 672 g/mol. The molecule has 15 heteroatoms. The number of rotatable bonds is 20. The summed E-state index contributed by atoms with van der Waals surface area (Å²) >= 11 is 0. The van der Waals surface area contributed by atoms with Gasteiger partial charge in [0.15, 0.2) is 0 Å². The van der Waals surface area contributed by atoms with E-state index >= 15 is 0 Å². The number of hydrogen-bond donors (Lipinski definition) is 6. The molecule has 1 aromatic heterocycles. The van der Waals surface area contributed by atoms with Gasteiger partial charge in [0.05, 0.1) is 6.54 Å². The summed E-state index contributed by atoms with van der Waals surface area (Å²) in [5.74, 6) is -2.05. The standard InChI is InChI=1S/C37H56N6O9/c1-23(2)19-29(43-31(45)14-9-8-11-18-39-36(50)52-37(5,6)7)34(48)40-22-32(46)42-28(13-10-12-17-38-25(4)44)35(49)41-26-15-16-27-24(3)20-33(47)51-30(27)21-26/h15-16,20-21,23,28-29H,8-14,17-19,22H2,1-7H3,(H,38,44)(H,39,50)(H,40,48)(H,41,49)(H,42,46)(H,43,45)/t28-,29+/m0/s1. The summed E-state index contributed by atoms with van der Waals surface area (Å²) in [4.78, 5) is 87.0. The first kappa shape index (κ1) is 43.2. The molecule has 0 saturated heterocycles. The first-order valence-electron chi connectivity index (χ1n) is 17.9. The number of carbonyl (C=O) groups is 6. The predicted molar refractivity (Wildman–Crippen MR) is 197 cm³/mol. The Hall–Kier alpha value is -4.95. The van der Waals surface area contributed by atoms with Gasteiger partial charge >= 0.3 is 11.7 Å². The Labute approximate surface area is 305 Å². The lowest BCUT2D eigenvalue weighted by atomic mass is 10.0. The molecule has 52 heavy (non-hydrogen) atoms. The lowest BCUT2D eigenvalue weighted by molar-refractivity contribution is -0.131. The molecule has 6 N–H and O–H groups in total. The molecule has 1 aromatic carbocycles. The maximum atomic E-state index is 13.4. The zero-order chi connectivity index (χ0) is 38.8. The number of amides is 6. The first-order valence-corrected chi connectivity index (χ1v) is 17.9. The summed E-state index contributed by atoms with van der Waals surface area (Å²) in [7, 11) is 0. The van der Waals surface area contributed by atoms with Gasteiger partial charge in [0.1, 0.15) is 23.3 Å². The molecule has 1 heterocycles. The van der Waals surface area contributed by atoms with Crippen molar-refractivity contribution in [2.24, 2.45) is 5.92 Å². The van der Waals surface area contributed by atoms with Gasteiger partial charge in [-0.15, -0.1) is 0 Å². The van der Waals surface area contributed by atoms with E-state index in [4.69, 9.17) is 9.15 Å². The van der Waals surface area contributed by atoms with Crippen LogP contribution in [0.5, 0.6) is 0 Å². The summed E-state index contributed by atoms with van der Waals surface area (Å²) < 4.78 is 10.5. The van der Waals surface area contributed by atoms with Gasteiger partial charge in [-0.25, -0.2) is 9.59 Å². The average Bonchev–Trinajstić information content (AvgIpc) is 3.02. The van der Waals surface area contributed by atoms with Gasteiger partial charge in [-0.3, -0.25) is 24.0 Å². The SMILES string of the molecule is CC(=O)NCCCC[C@H](NC(=O)CNC(=O)[C@@H](CC(C)C)NC(=O)CCCCCNC(=O)OC(C)(C)C)C(=O)Nc1ccc2c(C)cc(=O)oc2c1. The number of ether oxygens (including phenoxy) is 1. The van der Waals surface area contributed by atoms with Crippen molar-refractivity contribution in [3.63, 3.8) is 0 Å². The number of benzene rings is 1. The maximum absolute atomic E-state index is 13.4. The van der Waals surface area contributed by atoms with E-state index in [0.717, 1.165) is 5.56 Å². The van der Waals surface area contributed by atoms with Gasteiger partial charge < -0.3 is 41.1 Å². The summed E-state index contributed by atoms with van der Waals surface area (Å²) in [6, 6.07) is 4.45. The molecule has 15 nitrogen and oxygen atoms in total. The minimum atomic E-state index is -0.979. The van der Waals surface area contributed by atoms with Crippen LogP contribution in [0.2, 0.25) is 0 Å². The third kappa shape index (κ3) is 17.3. The molecule has 0 radical (unpaired) electrons. The fourth-order valence-corrected chi connectivity index (χ4v) is 5.24. The predicted octanol–water partition coefficient (Wildman–Crippen LogP) is 3.56. The highest BCUT2D eigenvalue weighted by Crippen LogP contribution is 2.21. The fraction of sp³-hybridized carbons (Fsp3) is 0.595. The number of carbonyl (C=O) groups excluding carboxylic acids is 6. The summed E-state index contributed by atoms with van der Waals surface area (Å²) in [6.45, 7) is 12.8. The Balaban J connectivity index is 1.94.